The summed E-state index contributed by atoms with van der Waals surface area (Å²) in [6.45, 7) is 1.62. The van der Waals surface area contributed by atoms with Crippen LogP contribution in [0.3, 0.4) is 0 Å². The van der Waals surface area contributed by atoms with Gasteiger partial charge in [0.25, 0.3) is 0 Å². The number of furan rings is 1. The van der Waals surface area contributed by atoms with E-state index >= 15 is 0 Å². The number of nitrogens with two attached hydrogens (primary N) is 1. The van der Waals surface area contributed by atoms with E-state index in [0.717, 1.165) is 29.8 Å². The van der Waals surface area contributed by atoms with Gasteiger partial charge in [0.2, 0.25) is 0 Å². The Kier molecular flexibility index (Phi) is 4.76. The smallest absolute Gasteiger partial charge is 0.129 e. The lowest BCUT2D eigenvalue weighted by Gasteiger charge is -2.17. The number of hydrogen-bond acceptors (Lipinski definition) is 4. The third-order valence-electron chi connectivity index (χ3n) is 3.01. The van der Waals surface area contributed by atoms with Gasteiger partial charge >= 0.3 is 0 Å². The summed E-state index contributed by atoms with van der Waals surface area (Å²) in [6, 6.07) is 7.86. The number of methoxy groups -OCH3 is 1. The predicted octanol–water partition coefficient (Wildman–Crippen LogP) is 2.55. The molecule has 0 saturated heterocycles. The summed E-state index contributed by atoms with van der Waals surface area (Å²) in [7, 11) is 3.67. The second kappa shape index (κ2) is 6.54. The molecule has 0 amide bonds. The van der Waals surface area contributed by atoms with Crippen LogP contribution in [-0.2, 0) is 13.1 Å². The molecule has 0 bridgehead atoms. The average Bonchev–Trinajstić information content (AvgIpc) is 2.91. The predicted molar refractivity (Wildman–Crippen MR) is 82.8 cm³/mol. The van der Waals surface area contributed by atoms with Crippen molar-refractivity contribution in [2.75, 3.05) is 14.2 Å². The van der Waals surface area contributed by atoms with Crippen LogP contribution in [0.15, 0.2) is 41.2 Å². The minimum atomic E-state index is 0.348. The van der Waals surface area contributed by atoms with Gasteiger partial charge < -0.3 is 14.9 Å². The number of hydrogen-bond donors (Lipinski definition) is 1. The van der Waals surface area contributed by atoms with Crippen molar-refractivity contribution in [2.45, 2.75) is 13.1 Å². The normalized spacial score (nSPS) is 10.8. The molecule has 1 heterocycles. The van der Waals surface area contributed by atoms with Crippen molar-refractivity contribution in [1.82, 2.24) is 4.90 Å². The fourth-order valence-corrected chi connectivity index (χ4v) is 2.27. The van der Waals surface area contributed by atoms with Crippen molar-refractivity contribution in [3.63, 3.8) is 0 Å². The van der Waals surface area contributed by atoms with Crippen LogP contribution >= 0.6 is 12.2 Å². The van der Waals surface area contributed by atoms with Gasteiger partial charge in [-0.15, -0.1) is 0 Å². The zero-order valence-electron chi connectivity index (χ0n) is 11.6. The highest BCUT2D eigenvalue weighted by Gasteiger charge is 2.09. The second-order valence-electron chi connectivity index (χ2n) is 4.70. The molecule has 4 nitrogen and oxygen atoms in total. The van der Waals surface area contributed by atoms with E-state index in [9.17, 15) is 0 Å². The van der Waals surface area contributed by atoms with Crippen LogP contribution in [0.1, 0.15) is 16.7 Å². The Morgan fingerprint density at radius 3 is 2.65 bits per heavy atom. The van der Waals surface area contributed by atoms with Gasteiger partial charge in [0, 0.05) is 18.7 Å². The standard InChI is InChI=1S/C15H18N2O2S/c1-17(9-12-5-6-19-10-12)8-11-3-4-14(18-2)13(7-11)15(16)20/h3-7,10H,8-9H2,1-2H3,(H2,16,20). The molecule has 0 aliphatic heterocycles. The molecule has 0 aliphatic rings. The fraction of sp³-hybridized carbons (Fsp3) is 0.267. The van der Waals surface area contributed by atoms with Crippen molar-refractivity contribution in [3.05, 3.63) is 53.5 Å². The van der Waals surface area contributed by atoms with Crippen LogP contribution < -0.4 is 10.5 Å². The van der Waals surface area contributed by atoms with Gasteiger partial charge in [0.05, 0.1) is 25.2 Å². The highest BCUT2D eigenvalue weighted by molar-refractivity contribution is 7.80. The Morgan fingerprint density at radius 1 is 1.30 bits per heavy atom. The van der Waals surface area contributed by atoms with Crippen molar-refractivity contribution in [2.24, 2.45) is 5.73 Å². The zero-order valence-corrected chi connectivity index (χ0v) is 12.4. The highest BCUT2D eigenvalue weighted by Crippen LogP contribution is 2.21. The first-order valence-corrected chi connectivity index (χ1v) is 6.67. The van der Waals surface area contributed by atoms with Gasteiger partial charge in [0.1, 0.15) is 10.7 Å². The van der Waals surface area contributed by atoms with E-state index in [2.05, 4.69) is 11.9 Å². The van der Waals surface area contributed by atoms with Crippen LogP contribution in [0.4, 0.5) is 0 Å². The van der Waals surface area contributed by atoms with Crippen LogP contribution in [-0.4, -0.2) is 24.0 Å². The molecule has 0 atom stereocenters. The number of rotatable bonds is 6. The van der Waals surface area contributed by atoms with Crippen LogP contribution in [0.5, 0.6) is 5.75 Å². The molecule has 0 spiro atoms. The van der Waals surface area contributed by atoms with E-state index in [-0.39, 0.29) is 0 Å². The summed E-state index contributed by atoms with van der Waals surface area (Å²) in [5.74, 6) is 0.707. The Balaban J connectivity index is 2.09. The molecular formula is C15H18N2O2S. The molecule has 0 aliphatic carbocycles. The SMILES string of the molecule is COc1ccc(CN(C)Cc2ccoc2)cc1C(N)=S. The summed E-state index contributed by atoms with van der Waals surface area (Å²) >= 11 is 5.05. The van der Waals surface area contributed by atoms with E-state index in [4.69, 9.17) is 27.1 Å². The maximum Gasteiger partial charge on any atom is 0.129 e. The molecule has 5 heteroatoms. The summed E-state index contributed by atoms with van der Waals surface area (Å²) in [5, 5.41) is 0. The first-order chi connectivity index (χ1) is 9.60. The lowest BCUT2D eigenvalue weighted by atomic mass is 10.1. The number of nitrogens with zero attached hydrogens (tertiary/aromatic N) is 1. The van der Waals surface area contributed by atoms with E-state index in [1.165, 1.54) is 0 Å². The molecule has 0 fully saturated rings. The van der Waals surface area contributed by atoms with E-state index in [1.807, 2.05) is 24.3 Å². The maximum absolute atomic E-state index is 5.72. The third-order valence-corrected chi connectivity index (χ3v) is 3.23. The van der Waals surface area contributed by atoms with Crippen LogP contribution in [0.2, 0.25) is 0 Å². The van der Waals surface area contributed by atoms with Gasteiger partial charge in [0.15, 0.2) is 0 Å². The summed E-state index contributed by atoms with van der Waals surface area (Å²) in [5.41, 5.74) is 8.79. The Labute approximate surface area is 124 Å². The summed E-state index contributed by atoms with van der Waals surface area (Å²) < 4.78 is 10.3. The molecule has 0 saturated carbocycles. The topological polar surface area (TPSA) is 51.6 Å². The maximum atomic E-state index is 5.72. The van der Waals surface area contributed by atoms with E-state index < -0.39 is 0 Å². The summed E-state index contributed by atoms with van der Waals surface area (Å²) in [6.07, 6.45) is 3.44. The molecule has 0 radical (unpaired) electrons. The van der Waals surface area contributed by atoms with E-state index in [1.54, 1.807) is 19.6 Å². The van der Waals surface area contributed by atoms with Crippen molar-refractivity contribution >= 4 is 17.2 Å². The second-order valence-corrected chi connectivity index (χ2v) is 5.14. The van der Waals surface area contributed by atoms with Gasteiger partial charge in [-0.1, -0.05) is 18.3 Å². The van der Waals surface area contributed by atoms with Gasteiger partial charge in [-0.25, -0.2) is 0 Å². The zero-order chi connectivity index (χ0) is 14.5. The van der Waals surface area contributed by atoms with Crippen molar-refractivity contribution in [1.29, 1.82) is 0 Å². The monoisotopic (exact) mass is 290 g/mol. The molecular weight excluding hydrogens is 272 g/mol. The minimum Gasteiger partial charge on any atom is -0.496 e. The molecule has 20 heavy (non-hydrogen) atoms. The molecule has 106 valence electrons. The van der Waals surface area contributed by atoms with Crippen LogP contribution in [0.25, 0.3) is 0 Å². The molecule has 2 rings (SSSR count). The number of benzene rings is 1. The van der Waals surface area contributed by atoms with E-state index in [0.29, 0.717) is 10.7 Å². The Hall–Kier alpha value is -1.85. The molecule has 1 aromatic heterocycles. The largest absolute Gasteiger partial charge is 0.496 e. The molecule has 1 aromatic carbocycles. The number of ether oxygens (including phenoxy) is 1. The fourth-order valence-electron chi connectivity index (χ4n) is 2.11. The molecule has 2 aromatic rings. The van der Waals surface area contributed by atoms with Crippen molar-refractivity contribution < 1.29 is 9.15 Å². The minimum absolute atomic E-state index is 0.348. The third kappa shape index (κ3) is 3.59. The van der Waals surface area contributed by atoms with Crippen LogP contribution in [0, 0.1) is 0 Å². The van der Waals surface area contributed by atoms with Gasteiger partial charge in [-0.3, -0.25) is 4.90 Å². The molecule has 0 unspecified atom stereocenters. The lowest BCUT2D eigenvalue weighted by molar-refractivity contribution is 0.317. The molecule has 2 N–H and O–H groups in total. The summed E-state index contributed by atoms with van der Waals surface area (Å²) in [4.78, 5) is 2.54. The van der Waals surface area contributed by atoms with Gasteiger partial charge in [-0.05, 0) is 30.8 Å². The average molecular weight is 290 g/mol. The lowest BCUT2D eigenvalue weighted by Crippen LogP contribution is -2.18. The highest BCUT2D eigenvalue weighted by atomic mass is 32.1. The first kappa shape index (κ1) is 14.6. The number of thiocarbonyl (C=S) groups is 1. The van der Waals surface area contributed by atoms with Gasteiger partial charge in [-0.2, -0.15) is 0 Å². The first-order valence-electron chi connectivity index (χ1n) is 6.26. The Morgan fingerprint density at radius 2 is 2.05 bits per heavy atom. The quantitative estimate of drug-likeness (QED) is 0.829. The Bertz CT molecular complexity index is 582. The van der Waals surface area contributed by atoms with Crippen molar-refractivity contribution in [3.8, 4) is 5.75 Å².